The Balaban J connectivity index is 3.91. The number of rotatable bonds is 2. The minimum atomic E-state index is -0.755. The van der Waals surface area contributed by atoms with Crippen LogP contribution >= 0.6 is 0 Å². The molecule has 0 saturated carbocycles. The van der Waals surface area contributed by atoms with Gasteiger partial charge in [0.1, 0.15) is 5.10 Å². The first-order chi connectivity index (χ1) is 4.70. The summed E-state index contributed by atoms with van der Waals surface area (Å²) in [5, 5.41) is 17.2. The molecule has 0 aliphatic carbocycles. The largest absolute Gasteiger partial charge is 0.354 e. The Morgan fingerprint density at radius 2 is 2.40 bits per heavy atom. The summed E-state index contributed by atoms with van der Waals surface area (Å²) in [7, 11) is 1.56. The van der Waals surface area contributed by atoms with Gasteiger partial charge in [-0.25, -0.2) is 10.1 Å². The number of nitrogens with one attached hydrogen (secondary N) is 2. The van der Waals surface area contributed by atoms with Gasteiger partial charge in [0, 0.05) is 13.6 Å². The normalized spacial score (nSPS) is 10.8. The third-order valence-electron chi connectivity index (χ3n) is 0.763. The van der Waals surface area contributed by atoms with Crippen LogP contribution in [0.15, 0.2) is 5.10 Å². The fraction of sp³-hybridized carbons (Fsp3) is 0.750. The Labute approximate surface area is 58.5 Å². The van der Waals surface area contributed by atoms with Crippen molar-refractivity contribution in [1.82, 2.24) is 10.6 Å². The van der Waals surface area contributed by atoms with Crippen LogP contribution in [0.3, 0.4) is 0 Å². The molecule has 58 valence electrons. The van der Waals surface area contributed by atoms with Gasteiger partial charge in [-0.05, 0) is 6.92 Å². The lowest BCUT2D eigenvalue weighted by Gasteiger charge is -2.00. The molecule has 0 saturated heterocycles. The van der Waals surface area contributed by atoms with Gasteiger partial charge in [0.05, 0.1) is 0 Å². The maximum atomic E-state index is 9.78. The van der Waals surface area contributed by atoms with Gasteiger partial charge in [0.25, 0.3) is 5.96 Å². The van der Waals surface area contributed by atoms with E-state index in [0.717, 1.165) is 0 Å². The van der Waals surface area contributed by atoms with Crippen molar-refractivity contribution in [3.05, 3.63) is 10.1 Å². The molecule has 0 fully saturated rings. The smallest absolute Gasteiger partial charge is 0.268 e. The molecule has 0 unspecified atom stereocenters. The van der Waals surface area contributed by atoms with E-state index in [1.54, 1.807) is 7.05 Å². The lowest BCUT2D eigenvalue weighted by atomic mass is 10.7. The lowest BCUT2D eigenvalue weighted by molar-refractivity contribution is -0.485. The van der Waals surface area contributed by atoms with E-state index in [0.29, 0.717) is 6.54 Å². The van der Waals surface area contributed by atoms with Crippen LogP contribution in [0, 0.1) is 10.1 Å². The van der Waals surface area contributed by atoms with Gasteiger partial charge in [-0.3, -0.25) is 0 Å². The molecule has 0 aromatic heterocycles. The van der Waals surface area contributed by atoms with E-state index in [2.05, 4.69) is 15.7 Å². The van der Waals surface area contributed by atoms with Gasteiger partial charge < -0.3 is 10.6 Å². The predicted octanol–water partition coefficient (Wildman–Crippen LogP) is -0.637. The van der Waals surface area contributed by atoms with Crippen LogP contribution < -0.4 is 10.6 Å². The summed E-state index contributed by atoms with van der Waals surface area (Å²) < 4.78 is 0. The van der Waals surface area contributed by atoms with Crippen LogP contribution in [0.2, 0.25) is 0 Å². The van der Waals surface area contributed by atoms with Crippen LogP contribution in [-0.4, -0.2) is 24.6 Å². The fourth-order valence-electron chi connectivity index (χ4n) is 0.423. The monoisotopic (exact) mass is 146 g/mol. The molecule has 6 nitrogen and oxygen atoms in total. The second-order valence-electron chi connectivity index (χ2n) is 1.47. The molecule has 10 heavy (non-hydrogen) atoms. The molecular weight excluding hydrogens is 136 g/mol. The van der Waals surface area contributed by atoms with Gasteiger partial charge in [-0.15, -0.1) is 0 Å². The Hall–Kier alpha value is -1.33. The number of nitrogens with zero attached hydrogens (tertiary/aromatic N) is 2. The fourth-order valence-corrected chi connectivity index (χ4v) is 0.423. The molecule has 0 heterocycles. The van der Waals surface area contributed by atoms with E-state index in [4.69, 9.17) is 0 Å². The molecule has 0 aromatic carbocycles. The van der Waals surface area contributed by atoms with Crippen LogP contribution in [-0.2, 0) is 0 Å². The number of guanidine groups is 1. The minimum Gasteiger partial charge on any atom is -0.354 e. The average molecular weight is 146 g/mol. The van der Waals surface area contributed by atoms with Gasteiger partial charge in [-0.2, -0.15) is 0 Å². The first-order valence-corrected chi connectivity index (χ1v) is 2.85. The molecular formula is C4H10N4O2. The van der Waals surface area contributed by atoms with Crippen molar-refractivity contribution in [2.75, 3.05) is 13.6 Å². The number of hydrogen-bond donors (Lipinski definition) is 2. The van der Waals surface area contributed by atoms with Gasteiger partial charge in [0.2, 0.25) is 0 Å². The average Bonchev–Trinajstić information content (AvgIpc) is 1.86. The number of nitro groups is 1. The maximum absolute atomic E-state index is 9.78. The SMILES string of the molecule is CCN/C(=N/[N+](=O)[O-])NC. The zero-order valence-electron chi connectivity index (χ0n) is 5.92. The topological polar surface area (TPSA) is 79.6 Å². The Bertz CT molecular complexity index is 144. The molecule has 0 atom stereocenters. The highest BCUT2D eigenvalue weighted by Crippen LogP contribution is 1.70. The van der Waals surface area contributed by atoms with Crippen molar-refractivity contribution >= 4 is 5.96 Å². The minimum absolute atomic E-state index is 0.174. The molecule has 0 spiro atoms. The zero-order valence-corrected chi connectivity index (χ0v) is 5.92. The standard InChI is InChI=1S/C4H10N4O2/c1-3-6-4(5-2)7-8(9)10/h3H2,1-2H3,(H2,5,6,7). The molecule has 0 rings (SSSR count). The molecule has 0 aliphatic rings. The first kappa shape index (κ1) is 8.67. The van der Waals surface area contributed by atoms with Gasteiger partial charge >= 0.3 is 0 Å². The van der Waals surface area contributed by atoms with Crippen molar-refractivity contribution in [3.8, 4) is 0 Å². The molecule has 0 bridgehead atoms. The van der Waals surface area contributed by atoms with E-state index in [-0.39, 0.29) is 5.96 Å². The number of hydrazone groups is 1. The highest BCUT2D eigenvalue weighted by molar-refractivity contribution is 5.78. The van der Waals surface area contributed by atoms with Gasteiger partial charge in [-0.1, -0.05) is 0 Å². The van der Waals surface area contributed by atoms with E-state index < -0.39 is 5.03 Å². The van der Waals surface area contributed by atoms with E-state index in [1.807, 2.05) is 6.92 Å². The van der Waals surface area contributed by atoms with Crippen LogP contribution in [0.5, 0.6) is 0 Å². The third kappa shape index (κ3) is 3.65. The summed E-state index contributed by atoms with van der Waals surface area (Å²) in [5.74, 6) is 0.174. The molecule has 0 aromatic rings. The summed E-state index contributed by atoms with van der Waals surface area (Å²) in [6, 6.07) is 0. The van der Waals surface area contributed by atoms with Gasteiger partial charge in [0.15, 0.2) is 5.03 Å². The molecule has 6 heteroatoms. The second-order valence-corrected chi connectivity index (χ2v) is 1.47. The maximum Gasteiger partial charge on any atom is 0.268 e. The van der Waals surface area contributed by atoms with Crippen molar-refractivity contribution in [2.45, 2.75) is 6.92 Å². The highest BCUT2D eigenvalue weighted by atomic mass is 16.7. The second kappa shape index (κ2) is 4.54. The molecule has 0 radical (unpaired) electrons. The van der Waals surface area contributed by atoms with Crippen LogP contribution in [0.25, 0.3) is 0 Å². The van der Waals surface area contributed by atoms with E-state index >= 15 is 0 Å². The Morgan fingerprint density at radius 3 is 2.70 bits per heavy atom. The van der Waals surface area contributed by atoms with E-state index in [9.17, 15) is 10.1 Å². The first-order valence-electron chi connectivity index (χ1n) is 2.85. The van der Waals surface area contributed by atoms with Crippen molar-refractivity contribution in [1.29, 1.82) is 0 Å². The predicted molar refractivity (Wildman–Crippen MR) is 37.2 cm³/mol. The van der Waals surface area contributed by atoms with E-state index in [1.165, 1.54) is 0 Å². The van der Waals surface area contributed by atoms with Crippen LogP contribution in [0.1, 0.15) is 6.92 Å². The van der Waals surface area contributed by atoms with Crippen molar-refractivity contribution < 1.29 is 5.03 Å². The molecule has 0 aliphatic heterocycles. The molecule has 2 N–H and O–H groups in total. The lowest BCUT2D eigenvalue weighted by Crippen LogP contribution is -2.35. The molecule has 0 amide bonds. The van der Waals surface area contributed by atoms with Crippen molar-refractivity contribution in [2.24, 2.45) is 5.10 Å². The zero-order chi connectivity index (χ0) is 7.98. The summed E-state index contributed by atoms with van der Waals surface area (Å²) >= 11 is 0. The Morgan fingerprint density at radius 1 is 1.80 bits per heavy atom. The third-order valence-corrected chi connectivity index (χ3v) is 0.763. The summed E-state index contributed by atoms with van der Waals surface area (Å²) in [5.41, 5.74) is 0. The Kier molecular flexibility index (Phi) is 3.94. The highest BCUT2D eigenvalue weighted by Gasteiger charge is 1.97. The quantitative estimate of drug-likeness (QED) is 0.235. The van der Waals surface area contributed by atoms with Crippen LogP contribution in [0.4, 0.5) is 0 Å². The number of hydrogen-bond acceptors (Lipinski definition) is 2. The summed E-state index contributed by atoms with van der Waals surface area (Å²) in [4.78, 5) is 9.78. The summed E-state index contributed by atoms with van der Waals surface area (Å²) in [6.45, 7) is 2.43. The summed E-state index contributed by atoms with van der Waals surface area (Å²) in [6.07, 6.45) is 0. The van der Waals surface area contributed by atoms with Crippen molar-refractivity contribution in [3.63, 3.8) is 0 Å².